The van der Waals surface area contributed by atoms with Crippen molar-refractivity contribution in [2.75, 3.05) is 0 Å². The van der Waals surface area contributed by atoms with Gasteiger partial charge in [0, 0.05) is 22.2 Å². The Morgan fingerprint density at radius 3 is 2.88 bits per heavy atom. The highest BCUT2D eigenvalue weighted by Crippen LogP contribution is 2.25. The number of phenols is 1. The standard InChI is InChI=1S/C14H10NO/c16-12-6-3-5-10(8-12)14-9-11-4-1-2-7-13(11)15-14/h1,3-9,15-16H. The molecule has 1 radical (unpaired) electrons. The maximum Gasteiger partial charge on any atom is 0.116 e. The topological polar surface area (TPSA) is 36.0 Å². The fourth-order valence-corrected chi connectivity index (χ4v) is 1.84. The van der Waals surface area contributed by atoms with E-state index in [1.165, 1.54) is 0 Å². The van der Waals surface area contributed by atoms with Gasteiger partial charge in [-0.1, -0.05) is 24.3 Å². The van der Waals surface area contributed by atoms with E-state index in [2.05, 4.69) is 17.1 Å². The highest BCUT2D eigenvalue weighted by Gasteiger charge is 2.02. The van der Waals surface area contributed by atoms with Crippen molar-refractivity contribution in [2.24, 2.45) is 0 Å². The predicted octanol–water partition coefficient (Wildman–Crippen LogP) is 3.34. The SMILES string of the molecule is Oc1cccc(-c2cc3cc[c]cc3[nH]2)c1. The molecule has 16 heavy (non-hydrogen) atoms. The zero-order chi connectivity index (χ0) is 11.0. The number of hydrogen-bond acceptors (Lipinski definition) is 1. The minimum atomic E-state index is 0.280. The quantitative estimate of drug-likeness (QED) is 0.632. The number of aromatic hydroxyl groups is 1. The van der Waals surface area contributed by atoms with Crippen molar-refractivity contribution in [3.05, 3.63) is 54.6 Å². The molecule has 0 fully saturated rings. The number of aromatic nitrogens is 1. The summed E-state index contributed by atoms with van der Waals surface area (Å²) in [7, 11) is 0. The van der Waals surface area contributed by atoms with Gasteiger partial charge in [0.1, 0.15) is 5.75 Å². The van der Waals surface area contributed by atoms with E-state index < -0.39 is 0 Å². The Kier molecular flexibility index (Phi) is 1.93. The number of benzene rings is 2. The van der Waals surface area contributed by atoms with Gasteiger partial charge < -0.3 is 10.1 Å². The van der Waals surface area contributed by atoms with E-state index in [1.54, 1.807) is 12.1 Å². The molecule has 3 rings (SSSR count). The van der Waals surface area contributed by atoms with Crippen LogP contribution in [0.1, 0.15) is 0 Å². The van der Waals surface area contributed by atoms with E-state index in [0.717, 1.165) is 22.2 Å². The van der Waals surface area contributed by atoms with Crippen LogP contribution >= 0.6 is 0 Å². The third-order valence-corrected chi connectivity index (χ3v) is 2.62. The van der Waals surface area contributed by atoms with Crippen LogP contribution in [0.2, 0.25) is 0 Å². The van der Waals surface area contributed by atoms with Gasteiger partial charge in [-0.15, -0.1) is 0 Å². The molecule has 0 aliphatic rings. The van der Waals surface area contributed by atoms with Gasteiger partial charge in [-0.05, 0) is 30.3 Å². The molecular formula is C14H10NO. The molecule has 0 bridgehead atoms. The van der Waals surface area contributed by atoms with Gasteiger partial charge in [-0.25, -0.2) is 0 Å². The molecule has 77 valence electrons. The smallest absolute Gasteiger partial charge is 0.116 e. The average Bonchev–Trinajstić information content (AvgIpc) is 2.72. The number of hydrogen-bond donors (Lipinski definition) is 2. The van der Waals surface area contributed by atoms with Crippen LogP contribution in [0.15, 0.2) is 48.5 Å². The van der Waals surface area contributed by atoms with Crippen molar-refractivity contribution in [1.29, 1.82) is 0 Å². The monoisotopic (exact) mass is 208 g/mol. The Labute approximate surface area is 93.2 Å². The Hall–Kier alpha value is -2.22. The van der Waals surface area contributed by atoms with Crippen LogP contribution in [0.25, 0.3) is 22.2 Å². The molecule has 0 amide bonds. The molecule has 2 N–H and O–H groups in total. The molecule has 0 aliphatic carbocycles. The second-order valence-electron chi connectivity index (χ2n) is 3.75. The molecule has 2 heteroatoms. The summed E-state index contributed by atoms with van der Waals surface area (Å²) < 4.78 is 0. The van der Waals surface area contributed by atoms with E-state index in [4.69, 9.17) is 0 Å². The third kappa shape index (κ3) is 1.44. The highest BCUT2D eigenvalue weighted by atomic mass is 16.3. The molecule has 2 nitrogen and oxygen atoms in total. The van der Waals surface area contributed by atoms with E-state index in [9.17, 15) is 5.11 Å². The summed E-state index contributed by atoms with van der Waals surface area (Å²) in [6.07, 6.45) is 0. The minimum absolute atomic E-state index is 0.280. The summed E-state index contributed by atoms with van der Waals surface area (Å²) in [6, 6.07) is 18.1. The van der Waals surface area contributed by atoms with Gasteiger partial charge in [-0.3, -0.25) is 0 Å². The van der Waals surface area contributed by atoms with Crippen LogP contribution in [0.4, 0.5) is 0 Å². The molecule has 0 atom stereocenters. The Morgan fingerprint density at radius 2 is 2.06 bits per heavy atom. The van der Waals surface area contributed by atoms with Gasteiger partial charge in [0.2, 0.25) is 0 Å². The third-order valence-electron chi connectivity index (χ3n) is 2.62. The van der Waals surface area contributed by atoms with E-state index in [1.807, 2.05) is 30.3 Å². The maximum absolute atomic E-state index is 9.43. The molecule has 1 aromatic heterocycles. The average molecular weight is 208 g/mol. The zero-order valence-electron chi connectivity index (χ0n) is 8.57. The van der Waals surface area contributed by atoms with Crippen molar-refractivity contribution in [3.8, 4) is 17.0 Å². The molecule has 0 unspecified atom stereocenters. The largest absolute Gasteiger partial charge is 0.508 e. The summed E-state index contributed by atoms with van der Waals surface area (Å²) >= 11 is 0. The highest BCUT2D eigenvalue weighted by molar-refractivity contribution is 5.85. The van der Waals surface area contributed by atoms with Gasteiger partial charge in [0.25, 0.3) is 0 Å². The first-order valence-corrected chi connectivity index (χ1v) is 5.11. The second-order valence-corrected chi connectivity index (χ2v) is 3.75. The zero-order valence-corrected chi connectivity index (χ0v) is 8.57. The fourth-order valence-electron chi connectivity index (χ4n) is 1.84. The molecule has 0 spiro atoms. The lowest BCUT2D eigenvalue weighted by molar-refractivity contribution is 0.475. The van der Waals surface area contributed by atoms with E-state index >= 15 is 0 Å². The lowest BCUT2D eigenvalue weighted by Crippen LogP contribution is -1.75. The van der Waals surface area contributed by atoms with E-state index in [-0.39, 0.29) is 5.75 Å². The van der Waals surface area contributed by atoms with Crippen LogP contribution in [-0.2, 0) is 0 Å². The molecule has 0 saturated heterocycles. The number of nitrogens with one attached hydrogen (secondary N) is 1. The molecule has 0 saturated carbocycles. The summed E-state index contributed by atoms with van der Waals surface area (Å²) in [6.45, 7) is 0. The molecule has 1 heterocycles. The first-order chi connectivity index (χ1) is 7.83. The van der Waals surface area contributed by atoms with Gasteiger partial charge in [-0.2, -0.15) is 0 Å². The van der Waals surface area contributed by atoms with Crippen molar-refractivity contribution < 1.29 is 5.11 Å². The lowest BCUT2D eigenvalue weighted by atomic mass is 10.1. The van der Waals surface area contributed by atoms with Crippen LogP contribution < -0.4 is 0 Å². The van der Waals surface area contributed by atoms with Crippen molar-refractivity contribution in [3.63, 3.8) is 0 Å². The van der Waals surface area contributed by atoms with Gasteiger partial charge >= 0.3 is 0 Å². The summed E-state index contributed by atoms with van der Waals surface area (Å²) in [5.74, 6) is 0.280. The Morgan fingerprint density at radius 1 is 1.12 bits per heavy atom. The van der Waals surface area contributed by atoms with Crippen molar-refractivity contribution >= 4 is 10.9 Å². The van der Waals surface area contributed by atoms with E-state index in [0.29, 0.717) is 0 Å². The maximum atomic E-state index is 9.43. The van der Waals surface area contributed by atoms with Crippen LogP contribution in [0, 0.1) is 6.07 Å². The van der Waals surface area contributed by atoms with Crippen molar-refractivity contribution in [1.82, 2.24) is 4.98 Å². The predicted molar refractivity (Wildman–Crippen MR) is 64.2 cm³/mol. The number of fused-ring (bicyclic) bond motifs is 1. The van der Waals surface area contributed by atoms with Gasteiger partial charge in [0.05, 0.1) is 0 Å². The van der Waals surface area contributed by atoms with Gasteiger partial charge in [0.15, 0.2) is 0 Å². The summed E-state index contributed by atoms with van der Waals surface area (Å²) in [5.41, 5.74) is 3.04. The molecule has 3 aromatic rings. The molecular weight excluding hydrogens is 198 g/mol. The Balaban J connectivity index is 2.19. The first kappa shape index (κ1) is 9.04. The fraction of sp³-hybridized carbons (Fsp3) is 0. The number of rotatable bonds is 1. The summed E-state index contributed by atoms with van der Waals surface area (Å²) in [4.78, 5) is 3.30. The Bertz CT molecular complexity index is 607. The number of H-pyrrole nitrogens is 1. The van der Waals surface area contributed by atoms with Crippen molar-refractivity contribution in [2.45, 2.75) is 0 Å². The minimum Gasteiger partial charge on any atom is -0.508 e. The normalized spacial score (nSPS) is 10.8. The summed E-state index contributed by atoms with van der Waals surface area (Å²) in [5, 5.41) is 10.6. The molecule has 2 aromatic carbocycles. The van der Waals surface area contributed by atoms with Crippen LogP contribution in [0.3, 0.4) is 0 Å². The van der Waals surface area contributed by atoms with Crippen LogP contribution in [0.5, 0.6) is 5.75 Å². The molecule has 0 aliphatic heterocycles. The first-order valence-electron chi connectivity index (χ1n) is 5.11. The lowest BCUT2D eigenvalue weighted by Gasteiger charge is -1.97. The van der Waals surface area contributed by atoms with Crippen LogP contribution in [-0.4, -0.2) is 10.1 Å². The number of phenolic OH excluding ortho intramolecular Hbond substituents is 1. The second kappa shape index (κ2) is 3.42. The number of aromatic amines is 1.